The van der Waals surface area contributed by atoms with E-state index in [4.69, 9.17) is 0 Å². The molecular weight excluding hydrogens is 372 g/mol. The van der Waals surface area contributed by atoms with Gasteiger partial charge in [0.1, 0.15) is 4.90 Å². The van der Waals surface area contributed by atoms with Crippen molar-refractivity contribution in [3.8, 4) is 0 Å². The number of nitrogens with zero attached hydrogens (tertiary/aromatic N) is 3. The van der Waals surface area contributed by atoms with E-state index in [0.29, 0.717) is 29.9 Å². The molecule has 26 heavy (non-hydrogen) atoms. The Hall–Kier alpha value is -1.16. The number of thioether (sulfide) groups is 1. The van der Waals surface area contributed by atoms with Crippen LogP contribution in [0.3, 0.4) is 0 Å². The number of carbonyl (C=O) groups is 1. The van der Waals surface area contributed by atoms with Crippen molar-refractivity contribution in [2.75, 3.05) is 39.0 Å². The largest absolute Gasteiger partial charge is 0.353 e. The van der Waals surface area contributed by atoms with Crippen LogP contribution < -0.4 is 5.32 Å². The van der Waals surface area contributed by atoms with Gasteiger partial charge in [-0.15, -0.1) is 0 Å². The third-order valence-electron chi connectivity index (χ3n) is 4.88. The molecule has 3 rings (SSSR count). The number of hydrogen-bond acceptors (Lipinski definition) is 6. The first-order valence-electron chi connectivity index (χ1n) is 9.02. The molecule has 0 atom stereocenters. The number of likely N-dealkylation sites (N-methyl/N-ethyl adjacent to an activating group) is 1. The monoisotopic (exact) mass is 398 g/mol. The van der Waals surface area contributed by atoms with E-state index < -0.39 is 10.0 Å². The normalized spacial score (nSPS) is 20.3. The molecule has 0 aromatic carbocycles. The first-order valence-corrected chi connectivity index (χ1v) is 11.4. The van der Waals surface area contributed by atoms with Crippen molar-refractivity contribution in [2.45, 2.75) is 41.6 Å². The quantitative estimate of drug-likeness (QED) is 0.725. The summed E-state index contributed by atoms with van der Waals surface area (Å²) in [4.78, 5) is 18.5. The molecule has 1 amide bonds. The van der Waals surface area contributed by atoms with Crippen LogP contribution in [-0.4, -0.2) is 73.5 Å². The average Bonchev–Trinajstić information content (AvgIpc) is 3.14. The Morgan fingerprint density at radius 1 is 1.23 bits per heavy atom. The minimum atomic E-state index is -3.49. The van der Waals surface area contributed by atoms with E-state index in [2.05, 4.69) is 15.2 Å². The van der Waals surface area contributed by atoms with Gasteiger partial charge in [0.05, 0.1) is 10.8 Å². The molecule has 0 spiro atoms. The molecule has 2 aliphatic rings. The smallest absolute Gasteiger partial charge is 0.244 e. The van der Waals surface area contributed by atoms with Crippen LogP contribution in [0.1, 0.15) is 25.7 Å². The maximum absolute atomic E-state index is 12.7. The molecular formula is C17H26N4O3S2. The number of amides is 1. The lowest BCUT2D eigenvalue weighted by molar-refractivity contribution is -0.119. The molecule has 7 nitrogen and oxygen atoms in total. The molecule has 9 heteroatoms. The van der Waals surface area contributed by atoms with Crippen molar-refractivity contribution in [2.24, 2.45) is 0 Å². The second-order valence-corrected chi connectivity index (χ2v) is 9.81. The zero-order chi connectivity index (χ0) is 18.6. The fourth-order valence-electron chi connectivity index (χ4n) is 3.26. The van der Waals surface area contributed by atoms with Gasteiger partial charge < -0.3 is 10.2 Å². The Labute approximate surface area is 159 Å². The zero-order valence-electron chi connectivity index (χ0n) is 15.1. The molecule has 0 unspecified atom stereocenters. The van der Waals surface area contributed by atoms with Crippen LogP contribution in [0.5, 0.6) is 0 Å². The summed E-state index contributed by atoms with van der Waals surface area (Å²) >= 11 is 1.33. The van der Waals surface area contributed by atoms with Crippen LogP contribution in [0.4, 0.5) is 0 Å². The average molecular weight is 399 g/mol. The van der Waals surface area contributed by atoms with Crippen molar-refractivity contribution in [3.05, 3.63) is 18.3 Å². The Balaban J connectivity index is 1.53. The number of aromatic nitrogens is 1. The molecule has 144 valence electrons. The molecule has 2 fully saturated rings. The molecule has 1 saturated heterocycles. The fourth-order valence-corrected chi connectivity index (χ4v) is 5.28. The van der Waals surface area contributed by atoms with Crippen LogP contribution in [0.15, 0.2) is 28.3 Å². The summed E-state index contributed by atoms with van der Waals surface area (Å²) < 4.78 is 26.8. The Kier molecular flexibility index (Phi) is 6.55. The Bertz CT molecular complexity index is 710. The highest BCUT2D eigenvalue weighted by Gasteiger charge is 2.27. The van der Waals surface area contributed by atoms with Crippen LogP contribution >= 0.6 is 11.8 Å². The number of hydrogen-bond donors (Lipinski definition) is 1. The van der Waals surface area contributed by atoms with Crippen molar-refractivity contribution in [1.82, 2.24) is 19.5 Å². The van der Waals surface area contributed by atoms with E-state index in [1.807, 2.05) is 7.05 Å². The molecule has 1 saturated carbocycles. The number of rotatable bonds is 6. The van der Waals surface area contributed by atoms with E-state index in [9.17, 15) is 13.2 Å². The highest BCUT2D eigenvalue weighted by atomic mass is 32.2. The van der Waals surface area contributed by atoms with Gasteiger partial charge in [-0.05, 0) is 32.0 Å². The standard InChI is InChI=1S/C17H26N4O3S2/c1-20-8-10-21(11-9-20)26(23,24)15-6-7-17(18-12-15)25-13-16(22)19-14-4-2-3-5-14/h6-7,12,14H,2-5,8-11,13H2,1H3,(H,19,22). The maximum Gasteiger partial charge on any atom is 0.244 e. The second-order valence-electron chi connectivity index (χ2n) is 6.88. The topological polar surface area (TPSA) is 82.6 Å². The summed E-state index contributed by atoms with van der Waals surface area (Å²) in [6, 6.07) is 3.57. The van der Waals surface area contributed by atoms with Gasteiger partial charge in [-0.3, -0.25) is 4.79 Å². The van der Waals surface area contributed by atoms with E-state index in [-0.39, 0.29) is 10.8 Å². The third-order valence-corrected chi connectivity index (χ3v) is 7.71. The van der Waals surface area contributed by atoms with Gasteiger partial charge >= 0.3 is 0 Å². The van der Waals surface area contributed by atoms with Gasteiger partial charge in [-0.25, -0.2) is 13.4 Å². The lowest BCUT2D eigenvalue weighted by Gasteiger charge is -2.31. The van der Waals surface area contributed by atoms with Crippen molar-refractivity contribution >= 4 is 27.7 Å². The van der Waals surface area contributed by atoms with E-state index >= 15 is 0 Å². The van der Waals surface area contributed by atoms with Gasteiger partial charge in [0.2, 0.25) is 15.9 Å². The molecule has 0 radical (unpaired) electrons. The van der Waals surface area contributed by atoms with Crippen LogP contribution in [-0.2, 0) is 14.8 Å². The van der Waals surface area contributed by atoms with Gasteiger partial charge in [0.25, 0.3) is 0 Å². The first kappa shape index (κ1) is 19.6. The number of pyridine rings is 1. The van der Waals surface area contributed by atoms with Gasteiger partial charge in [-0.1, -0.05) is 24.6 Å². The van der Waals surface area contributed by atoms with Crippen LogP contribution in [0, 0.1) is 0 Å². The Morgan fingerprint density at radius 2 is 1.92 bits per heavy atom. The van der Waals surface area contributed by atoms with Crippen molar-refractivity contribution < 1.29 is 13.2 Å². The lowest BCUT2D eigenvalue weighted by Crippen LogP contribution is -2.47. The summed E-state index contributed by atoms with van der Waals surface area (Å²) in [5, 5.41) is 3.69. The second kappa shape index (κ2) is 8.69. The van der Waals surface area contributed by atoms with E-state index in [1.54, 1.807) is 12.1 Å². The molecule has 1 aromatic heterocycles. The number of piperazine rings is 1. The number of carbonyl (C=O) groups excluding carboxylic acids is 1. The molecule has 1 N–H and O–H groups in total. The molecule has 1 aliphatic carbocycles. The summed E-state index contributed by atoms with van der Waals surface area (Å²) in [5.74, 6) is 0.312. The minimum Gasteiger partial charge on any atom is -0.353 e. The minimum absolute atomic E-state index is 0.0119. The van der Waals surface area contributed by atoms with E-state index in [0.717, 1.165) is 25.9 Å². The maximum atomic E-state index is 12.7. The SMILES string of the molecule is CN1CCN(S(=O)(=O)c2ccc(SCC(=O)NC3CCCC3)nc2)CC1. The summed E-state index contributed by atoms with van der Waals surface area (Å²) in [5.41, 5.74) is 0. The highest BCUT2D eigenvalue weighted by molar-refractivity contribution is 7.99. The van der Waals surface area contributed by atoms with Crippen LogP contribution in [0.2, 0.25) is 0 Å². The van der Waals surface area contributed by atoms with Crippen LogP contribution in [0.25, 0.3) is 0 Å². The fraction of sp³-hybridized carbons (Fsp3) is 0.647. The van der Waals surface area contributed by atoms with Gasteiger partial charge in [0.15, 0.2) is 0 Å². The number of sulfonamides is 1. The predicted octanol–water partition coefficient (Wildman–Crippen LogP) is 1.17. The predicted molar refractivity (Wildman–Crippen MR) is 102 cm³/mol. The third kappa shape index (κ3) is 4.97. The zero-order valence-corrected chi connectivity index (χ0v) is 16.7. The summed E-state index contributed by atoms with van der Waals surface area (Å²) in [6.07, 6.45) is 5.89. The van der Waals surface area contributed by atoms with Gasteiger partial charge in [-0.2, -0.15) is 4.31 Å². The van der Waals surface area contributed by atoms with Crippen molar-refractivity contribution in [1.29, 1.82) is 0 Å². The van der Waals surface area contributed by atoms with E-state index in [1.165, 1.54) is 35.1 Å². The molecule has 0 bridgehead atoms. The lowest BCUT2D eigenvalue weighted by atomic mass is 10.2. The number of nitrogens with one attached hydrogen (secondary N) is 1. The molecule has 2 heterocycles. The highest BCUT2D eigenvalue weighted by Crippen LogP contribution is 2.21. The molecule has 1 aromatic rings. The summed E-state index contributed by atoms with van der Waals surface area (Å²) in [6.45, 7) is 2.46. The summed E-state index contributed by atoms with van der Waals surface area (Å²) in [7, 11) is -1.51. The Morgan fingerprint density at radius 3 is 2.54 bits per heavy atom. The van der Waals surface area contributed by atoms with Crippen molar-refractivity contribution in [3.63, 3.8) is 0 Å². The first-order chi connectivity index (χ1) is 12.4. The molecule has 1 aliphatic heterocycles. The van der Waals surface area contributed by atoms with Gasteiger partial charge in [0, 0.05) is 38.4 Å².